The van der Waals surface area contributed by atoms with E-state index in [1.54, 1.807) is 26.0 Å². The van der Waals surface area contributed by atoms with Crippen LogP contribution >= 0.6 is 11.6 Å². The SMILES string of the molecule is CCn1nc(C)c(C(=O)c2ccc(Cl)c(C(C)=C(C)C)c2C)c1OS(=O)(=O)C(C)C. The maximum Gasteiger partial charge on any atom is 0.313 e. The minimum absolute atomic E-state index is 0.0523. The van der Waals surface area contributed by atoms with Gasteiger partial charge in [-0.15, -0.1) is 0 Å². The van der Waals surface area contributed by atoms with Gasteiger partial charge in [0.15, 0.2) is 0 Å². The zero-order valence-corrected chi connectivity index (χ0v) is 20.3. The van der Waals surface area contributed by atoms with E-state index in [-0.39, 0.29) is 17.2 Å². The van der Waals surface area contributed by atoms with Gasteiger partial charge < -0.3 is 4.18 Å². The van der Waals surface area contributed by atoms with Gasteiger partial charge in [-0.2, -0.15) is 13.5 Å². The molecule has 0 saturated carbocycles. The third-order valence-corrected chi connectivity index (χ3v) is 7.02. The highest BCUT2D eigenvalue weighted by molar-refractivity contribution is 7.87. The molecule has 0 bridgehead atoms. The van der Waals surface area contributed by atoms with Gasteiger partial charge >= 0.3 is 10.1 Å². The van der Waals surface area contributed by atoms with Crippen LogP contribution in [0.5, 0.6) is 5.88 Å². The summed E-state index contributed by atoms with van der Waals surface area (Å²) in [6.45, 7) is 14.6. The van der Waals surface area contributed by atoms with Crippen molar-refractivity contribution in [3.05, 3.63) is 50.7 Å². The number of nitrogens with zero attached hydrogens (tertiary/aromatic N) is 2. The Kier molecular flexibility index (Phi) is 7.20. The molecule has 0 radical (unpaired) electrons. The van der Waals surface area contributed by atoms with Crippen LogP contribution in [0.15, 0.2) is 17.7 Å². The van der Waals surface area contributed by atoms with E-state index in [4.69, 9.17) is 15.8 Å². The second kappa shape index (κ2) is 8.94. The van der Waals surface area contributed by atoms with Crippen molar-refractivity contribution in [1.29, 1.82) is 0 Å². The fourth-order valence-electron chi connectivity index (χ4n) is 3.10. The van der Waals surface area contributed by atoms with Crippen LogP contribution in [0.3, 0.4) is 0 Å². The summed E-state index contributed by atoms with van der Waals surface area (Å²) in [6, 6.07) is 3.35. The van der Waals surface area contributed by atoms with Crippen molar-refractivity contribution in [3.8, 4) is 5.88 Å². The molecule has 164 valence electrons. The van der Waals surface area contributed by atoms with E-state index in [9.17, 15) is 13.2 Å². The van der Waals surface area contributed by atoms with Crippen LogP contribution < -0.4 is 4.18 Å². The Morgan fingerprint density at radius 3 is 2.27 bits per heavy atom. The second-order valence-electron chi connectivity index (χ2n) is 7.76. The summed E-state index contributed by atoms with van der Waals surface area (Å²) in [5.41, 5.74) is 4.60. The first kappa shape index (κ1) is 24.2. The number of hydrogen-bond donors (Lipinski definition) is 0. The molecule has 1 aromatic carbocycles. The second-order valence-corrected chi connectivity index (χ2v) is 10.3. The molecule has 1 heterocycles. The molecule has 0 aliphatic rings. The van der Waals surface area contributed by atoms with Gasteiger partial charge in [0.25, 0.3) is 0 Å². The normalized spacial score (nSPS) is 11.7. The topological polar surface area (TPSA) is 78.3 Å². The molecule has 0 unspecified atom stereocenters. The highest BCUT2D eigenvalue weighted by Gasteiger charge is 2.30. The van der Waals surface area contributed by atoms with E-state index < -0.39 is 15.4 Å². The molecule has 1 aromatic heterocycles. The van der Waals surface area contributed by atoms with Gasteiger partial charge in [-0.05, 0) is 84.2 Å². The summed E-state index contributed by atoms with van der Waals surface area (Å²) in [5.74, 6) is -0.401. The molecule has 6 nitrogen and oxygen atoms in total. The standard InChI is InChI=1S/C22H29ClN2O4S/c1-9-25-22(29-30(27,28)13(4)5)20(16(8)24-25)21(26)17-10-11-18(23)19(15(17)7)14(6)12(2)3/h10-11,13H,9H2,1-8H3. The average molecular weight is 453 g/mol. The molecule has 8 heteroatoms. The first-order valence-electron chi connectivity index (χ1n) is 9.82. The Balaban J connectivity index is 2.73. The number of halogens is 1. The molecule has 2 aromatic rings. The van der Waals surface area contributed by atoms with Crippen molar-refractivity contribution in [3.63, 3.8) is 0 Å². The molecule has 0 aliphatic carbocycles. The lowest BCUT2D eigenvalue weighted by Crippen LogP contribution is -2.22. The minimum Gasteiger partial charge on any atom is -0.361 e. The van der Waals surface area contributed by atoms with Gasteiger partial charge in [0.05, 0.1) is 10.9 Å². The van der Waals surface area contributed by atoms with Crippen molar-refractivity contribution in [1.82, 2.24) is 9.78 Å². The first-order valence-corrected chi connectivity index (χ1v) is 11.7. The van der Waals surface area contributed by atoms with Crippen molar-refractivity contribution < 1.29 is 17.4 Å². The summed E-state index contributed by atoms with van der Waals surface area (Å²) >= 11 is 6.44. The largest absolute Gasteiger partial charge is 0.361 e. The molecular formula is C22H29ClN2O4S. The zero-order chi connectivity index (χ0) is 23.0. The third-order valence-electron chi connectivity index (χ3n) is 5.16. The molecule has 0 fully saturated rings. The number of ketones is 1. The number of carbonyl (C=O) groups is 1. The van der Waals surface area contributed by atoms with Crippen LogP contribution in [0.25, 0.3) is 5.57 Å². The van der Waals surface area contributed by atoms with Gasteiger partial charge in [0.2, 0.25) is 11.7 Å². The number of benzene rings is 1. The Hall–Kier alpha value is -2.12. The zero-order valence-electron chi connectivity index (χ0n) is 18.8. The number of hydrogen-bond acceptors (Lipinski definition) is 5. The molecule has 0 saturated heterocycles. The molecule has 30 heavy (non-hydrogen) atoms. The monoisotopic (exact) mass is 452 g/mol. The lowest BCUT2D eigenvalue weighted by molar-refractivity contribution is 0.103. The summed E-state index contributed by atoms with van der Waals surface area (Å²) in [6.07, 6.45) is 0. The van der Waals surface area contributed by atoms with Crippen LogP contribution in [-0.2, 0) is 16.7 Å². The van der Waals surface area contributed by atoms with Gasteiger partial charge in [-0.3, -0.25) is 4.79 Å². The lowest BCUT2D eigenvalue weighted by atomic mass is 9.91. The number of rotatable bonds is 7. The molecule has 0 spiro atoms. The molecule has 0 atom stereocenters. The van der Waals surface area contributed by atoms with Gasteiger partial charge in [0, 0.05) is 17.1 Å². The van der Waals surface area contributed by atoms with E-state index >= 15 is 0 Å². The Morgan fingerprint density at radius 1 is 1.17 bits per heavy atom. The highest BCUT2D eigenvalue weighted by Crippen LogP contribution is 2.34. The fourth-order valence-corrected chi connectivity index (χ4v) is 4.02. The van der Waals surface area contributed by atoms with Gasteiger partial charge in [-0.25, -0.2) is 4.68 Å². The number of aromatic nitrogens is 2. The van der Waals surface area contributed by atoms with E-state index in [1.807, 2.05) is 27.7 Å². The van der Waals surface area contributed by atoms with Crippen molar-refractivity contribution in [2.75, 3.05) is 0 Å². The van der Waals surface area contributed by atoms with Crippen LogP contribution in [0.2, 0.25) is 5.02 Å². The quantitative estimate of drug-likeness (QED) is 0.418. The third kappa shape index (κ3) is 4.47. The number of carbonyl (C=O) groups excluding carboxylic acids is 1. The molecule has 0 N–H and O–H groups in total. The van der Waals surface area contributed by atoms with Crippen molar-refractivity contribution >= 4 is 33.1 Å². The van der Waals surface area contributed by atoms with Crippen LogP contribution in [-0.4, -0.2) is 29.2 Å². The predicted molar refractivity (Wildman–Crippen MR) is 121 cm³/mol. The number of allylic oxidation sites excluding steroid dienone is 2. The Labute approximate surface area is 184 Å². The van der Waals surface area contributed by atoms with Crippen molar-refractivity contribution in [2.24, 2.45) is 0 Å². The van der Waals surface area contributed by atoms with Crippen molar-refractivity contribution in [2.45, 2.75) is 67.2 Å². The Morgan fingerprint density at radius 2 is 1.77 bits per heavy atom. The molecule has 2 rings (SSSR count). The molecule has 0 aliphatic heterocycles. The lowest BCUT2D eigenvalue weighted by Gasteiger charge is -2.16. The Bertz CT molecular complexity index is 1120. The maximum atomic E-state index is 13.6. The highest BCUT2D eigenvalue weighted by atomic mass is 35.5. The smallest absolute Gasteiger partial charge is 0.313 e. The van der Waals surface area contributed by atoms with Gasteiger partial charge in [-0.1, -0.05) is 17.2 Å². The average Bonchev–Trinajstić information content (AvgIpc) is 2.95. The minimum atomic E-state index is -3.90. The van der Waals surface area contributed by atoms with E-state index in [1.165, 1.54) is 18.5 Å². The first-order chi connectivity index (χ1) is 13.8. The fraction of sp³-hybridized carbons (Fsp3) is 0.455. The summed E-state index contributed by atoms with van der Waals surface area (Å²) < 4.78 is 31.6. The van der Waals surface area contributed by atoms with Gasteiger partial charge in [0.1, 0.15) is 5.56 Å². The van der Waals surface area contributed by atoms with E-state index in [2.05, 4.69) is 5.10 Å². The number of aryl methyl sites for hydroxylation is 2. The van der Waals surface area contributed by atoms with Crippen LogP contribution in [0, 0.1) is 13.8 Å². The molecular weight excluding hydrogens is 424 g/mol. The summed E-state index contributed by atoms with van der Waals surface area (Å²) in [5, 5.41) is 4.12. The molecule has 0 amide bonds. The van der Waals surface area contributed by atoms with Crippen LogP contribution in [0.1, 0.15) is 74.3 Å². The summed E-state index contributed by atoms with van der Waals surface area (Å²) in [4.78, 5) is 13.6. The predicted octanol–water partition coefficient (Wildman–Crippen LogP) is 5.33. The van der Waals surface area contributed by atoms with E-state index in [0.717, 1.165) is 22.3 Å². The maximum absolute atomic E-state index is 13.6. The van der Waals surface area contributed by atoms with Crippen LogP contribution in [0.4, 0.5) is 0 Å². The van der Waals surface area contributed by atoms with E-state index in [0.29, 0.717) is 22.8 Å². The summed E-state index contributed by atoms with van der Waals surface area (Å²) in [7, 11) is -3.90.